The SMILES string of the molecule is COc1cc(-c2ccc(NCC3CC3)nc2)c(OC)cc1-c1ccc(NCC2CC2)nc1. The maximum atomic E-state index is 5.74. The van der Waals surface area contributed by atoms with E-state index in [1.54, 1.807) is 14.2 Å². The topological polar surface area (TPSA) is 68.3 Å². The zero-order chi connectivity index (χ0) is 21.9. The predicted octanol–water partition coefficient (Wildman–Crippen LogP) is 5.47. The molecule has 0 saturated heterocycles. The lowest BCUT2D eigenvalue weighted by Crippen LogP contribution is -2.04. The second-order valence-corrected chi connectivity index (χ2v) is 8.77. The van der Waals surface area contributed by atoms with Crippen molar-refractivity contribution >= 4 is 11.6 Å². The maximum Gasteiger partial charge on any atom is 0.127 e. The first-order valence-corrected chi connectivity index (χ1v) is 11.4. The third-order valence-electron chi connectivity index (χ3n) is 6.21. The number of benzene rings is 1. The average Bonchev–Trinajstić information content (AvgIpc) is 3.76. The van der Waals surface area contributed by atoms with Crippen LogP contribution in [-0.4, -0.2) is 37.3 Å². The van der Waals surface area contributed by atoms with E-state index in [4.69, 9.17) is 9.47 Å². The van der Waals surface area contributed by atoms with Crippen LogP contribution in [0.5, 0.6) is 11.5 Å². The van der Waals surface area contributed by atoms with Crippen molar-refractivity contribution in [3.8, 4) is 33.8 Å². The highest BCUT2D eigenvalue weighted by atomic mass is 16.5. The molecular weight excluding hydrogens is 400 g/mol. The average molecular weight is 431 g/mol. The molecule has 0 aliphatic heterocycles. The fourth-order valence-corrected chi connectivity index (χ4v) is 3.81. The highest BCUT2D eigenvalue weighted by Crippen LogP contribution is 2.41. The van der Waals surface area contributed by atoms with E-state index in [0.29, 0.717) is 0 Å². The minimum absolute atomic E-state index is 0.775. The van der Waals surface area contributed by atoms with Crippen molar-refractivity contribution in [3.05, 3.63) is 48.8 Å². The summed E-state index contributed by atoms with van der Waals surface area (Å²) < 4.78 is 11.5. The number of pyridine rings is 2. The Morgan fingerprint density at radius 1 is 0.719 bits per heavy atom. The molecule has 2 aromatic heterocycles. The van der Waals surface area contributed by atoms with Gasteiger partial charge in [0, 0.05) is 47.7 Å². The third kappa shape index (κ3) is 4.79. The normalized spacial score (nSPS) is 15.3. The third-order valence-corrected chi connectivity index (χ3v) is 6.21. The summed E-state index contributed by atoms with van der Waals surface area (Å²) in [5.41, 5.74) is 3.87. The summed E-state index contributed by atoms with van der Waals surface area (Å²) in [7, 11) is 3.38. The number of hydrogen-bond acceptors (Lipinski definition) is 6. The molecule has 2 aliphatic rings. The van der Waals surface area contributed by atoms with E-state index in [1.165, 1.54) is 25.7 Å². The quantitative estimate of drug-likeness (QED) is 0.444. The zero-order valence-corrected chi connectivity index (χ0v) is 18.7. The Hall–Kier alpha value is -3.28. The Bertz CT molecular complexity index is 971. The molecule has 0 radical (unpaired) electrons. The predicted molar refractivity (Wildman–Crippen MR) is 128 cm³/mol. The van der Waals surface area contributed by atoms with Gasteiger partial charge in [-0.2, -0.15) is 0 Å². The van der Waals surface area contributed by atoms with E-state index >= 15 is 0 Å². The van der Waals surface area contributed by atoms with Crippen LogP contribution in [0.25, 0.3) is 22.3 Å². The van der Waals surface area contributed by atoms with Gasteiger partial charge in [-0.05, 0) is 73.9 Å². The van der Waals surface area contributed by atoms with Gasteiger partial charge in [-0.25, -0.2) is 9.97 Å². The minimum Gasteiger partial charge on any atom is -0.496 e. The van der Waals surface area contributed by atoms with Crippen molar-refractivity contribution in [2.45, 2.75) is 25.7 Å². The number of methoxy groups -OCH3 is 2. The summed E-state index contributed by atoms with van der Waals surface area (Å²) in [6.07, 6.45) is 9.06. The number of rotatable bonds is 10. The van der Waals surface area contributed by atoms with Crippen LogP contribution < -0.4 is 20.1 Å². The van der Waals surface area contributed by atoms with Crippen molar-refractivity contribution in [2.24, 2.45) is 11.8 Å². The van der Waals surface area contributed by atoms with Gasteiger partial charge in [-0.1, -0.05) is 0 Å². The highest BCUT2D eigenvalue weighted by molar-refractivity contribution is 5.81. The van der Waals surface area contributed by atoms with Crippen LogP contribution in [0.2, 0.25) is 0 Å². The van der Waals surface area contributed by atoms with Gasteiger partial charge in [-0.15, -0.1) is 0 Å². The summed E-state index contributed by atoms with van der Waals surface area (Å²) in [4.78, 5) is 9.17. The Balaban J connectivity index is 1.38. The van der Waals surface area contributed by atoms with Crippen LogP contribution in [0.4, 0.5) is 11.6 Å². The standard InChI is InChI=1S/C26H30N4O2/c1-31-23-11-22(20-8-10-26(30-16-20)28-14-18-5-6-18)24(32-2)12-21(23)19-7-9-25(29-15-19)27-13-17-3-4-17/h7-12,15-18H,3-6,13-14H2,1-2H3,(H,27,29)(H,28,30). The molecule has 2 saturated carbocycles. The number of aromatic nitrogens is 2. The number of nitrogens with zero attached hydrogens (tertiary/aromatic N) is 2. The van der Waals surface area contributed by atoms with E-state index in [9.17, 15) is 0 Å². The minimum atomic E-state index is 0.775. The van der Waals surface area contributed by atoms with Gasteiger partial charge in [0.1, 0.15) is 23.1 Å². The summed E-state index contributed by atoms with van der Waals surface area (Å²) >= 11 is 0. The van der Waals surface area contributed by atoms with Gasteiger partial charge in [0.15, 0.2) is 0 Å². The Labute approximate surface area is 189 Å². The lowest BCUT2D eigenvalue weighted by Gasteiger charge is -2.16. The summed E-state index contributed by atoms with van der Waals surface area (Å²) in [5, 5.41) is 6.82. The molecule has 0 atom stereocenters. The molecule has 166 valence electrons. The smallest absolute Gasteiger partial charge is 0.127 e. The van der Waals surface area contributed by atoms with E-state index in [2.05, 4.69) is 32.7 Å². The van der Waals surface area contributed by atoms with Crippen molar-refractivity contribution in [1.82, 2.24) is 9.97 Å². The first-order valence-electron chi connectivity index (χ1n) is 11.4. The lowest BCUT2D eigenvalue weighted by molar-refractivity contribution is 0.406. The van der Waals surface area contributed by atoms with Crippen molar-refractivity contribution in [2.75, 3.05) is 37.9 Å². The Morgan fingerprint density at radius 2 is 1.16 bits per heavy atom. The first-order chi connectivity index (χ1) is 15.7. The van der Waals surface area contributed by atoms with E-state index < -0.39 is 0 Å². The first kappa shape index (κ1) is 20.6. The number of nitrogens with one attached hydrogen (secondary N) is 2. The van der Waals surface area contributed by atoms with Crippen LogP contribution in [0.15, 0.2) is 48.8 Å². The molecule has 0 spiro atoms. The van der Waals surface area contributed by atoms with E-state index in [1.807, 2.05) is 36.7 Å². The number of anilines is 2. The van der Waals surface area contributed by atoms with Gasteiger partial charge in [0.2, 0.25) is 0 Å². The number of hydrogen-bond donors (Lipinski definition) is 2. The molecule has 1 aromatic carbocycles. The molecule has 32 heavy (non-hydrogen) atoms. The zero-order valence-electron chi connectivity index (χ0n) is 18.7. The summed E-state index contributed by atoms with van der Waals surface area (Å²) in [6.45, 7) is 2.00. The Morgan fingerprint density at radius 3 is 1.47 bits per heavy atom. The van der Waals surface area contributed by atoms with Gasteiger partial charge >= 0.3 is 0 Å². The van der Waals surface area contributed by atoms with Gasteiger partial charge in [-0.3, -0.25) is 0 Å². The van der Waals surface area contributed by atoms with Gasteiger partial charge in [0.05, 0.1) is 14.2 Å². The van der Waals surface area contributed by atoms with Crippen molar-refractivity contribution in [3.63, 3.8) is 0 Å². The molecule has 2 N–H and O–H groups in total. The fourth-order valence-electron chi connectivity index (χ4n) is 3.81. The molecule has 2 heterocycles. The fraction of sp³-hybridized carbons (Fsp3) is 0.385. The molecule has 6 nitrogen and oxygen atoms in total. The molecule has 6 heteroatoms. The molecule has 3 aromatic rings. The maximum absolute atomic E-state index is 5.74. The second kappa shape index (κ2) is 9.07. The van der Waals surface area contributed by atoms with E-state index in [-0.39, 0.29) is 0 Å². The molecule has 0 amide bonds. The number of ether oxygens (including phenoxy) is 2. The highest BCUT2D eigenvalue weighted by Gasteiger charge is 2.21. The molecule has 0 unspecified atom stereocenters. The Kier molecular flexibility index (Phi) is 5.84. The summed E-state index contributed by atoms with van der Waals surface area (Å²) in [5.74, 6) is 4.99. The van der Waals surface area contributed by atoms with Crippen molar-refractivity contribution < 1.29 is 9.47 Å². The molecular formula is C26H30N4O2. The van der Waals surface area contributed by atoms with Crippen molar-refractivity contribution in [1.29, 1.82) is 0 Å². The van der Waals surface area contributed by atoms with Crippen LogP contribution in [-0.2, 0) is 0 Å². The van der Waals surface area contributed by atoms with Crippen LogP contribution >= 0.6 is 0 Å². The van der Waals surface area contributed by atoms with Gasteiger partial charge in [0.25, 0.3) is 0 Å². The lowest BCUT2D eigenvalue weighted by atomic mass is 9.99. The van der Waals surface area contributed by atoms with Crippen LogP contribution in [0.3, 0.4) is 0 Å². The molecule has 2 fully saturated rings. The van der Waals surface area contributed by atoms with Crippen LogP contribution in [0.1, 0.15) is 25.7 Å². The molecule has 5 rings (SSSR count). The van der Waals surface area contributed by atoms with E-state index in [0.717, 1.165) is 70.3 Å². The second-order valence-electron chi connectivity index (χ2n) is 8.77. The monoisotopic (exact) mass is 430 g/mol. The largest absolute Gasteiger partial charge is 0.496 e. The molecule has 2 aliphatic carbocycles. The molecule has 0 bridgehead atoms. The summed E-state index contributed by atoms with van der Waals surface area (Å²) in [6, 6.07) is 12.2. The van der Waals surface area contributed by atoms with Gasteiger partial charge < -0.3 is 20.1 Å². The van der Waals surface area contributed by atoms with Crippen LogP contribution in [0, 0.1) is 11.8 Å².